The maximum Gasteiger partial charge on any atom is 0.335 e. The van der Waals surface area contributed by atoms with E-state index in [2.05, 4.69) is 25.4 Å². The summed E-state index contributed by atoms with van der Waals surface area (Å²) >= 11 is 0. The van der Waals surface area contributed by atoms with Crippen LogP contribution in [0.3, 0.4) is 0 Å². The number of anilines is 1. The third kappa shape index (κ3) is 4.54. The van der Waals surface area contributed by atoms with Crippen LogP contribution in [0.4, 0.5) is 5.82 Å². The van der Waals surface area contributed by atoms with Crippen LogP contribution in [0.2, 0.25) is 0 Å². The van der Waals surface area contributed by atoms with Gasteiger partial charge in [0, 0.05) is 17.2 Å². The van der Waals surface area contributed by atoms with Gasteiger partial charge in [0.1, 0.15) is 5.82 Å². The minimum atomic E-state index is -0.973. The third-order valence-electron chi connectivity index (χ3n) is 7.03. The Balaban J connectivity index is 1.26. The number of hydrogen-bond acceptors (Lipinski definition) is 6. The van der Waals surface area contributed by atoms with Crippen molar-refractivity contribution in [3.8, 4) is 11.4 Å². The number of benzene rings is 3. The molecule has 38 heavy (non-hydrogen) atoms. The Morgan fingerprint density at radius 1 is 0.842 bits per heavy atom. The number of carbonyl (C=O) groups excluding carboxylic acids is 1. The van der Waals surface area contributed by atoms with E-state index in [0.717, 1.165) is 53.6 Å². The van der Waals surface area contributed by atoms with Gasteiger partial charge in [0.05, 0.1) is 33.8 Å². The number of nitrogens with zero attached hydrogens (tertiary/aromatic N) is 4. The summed E-state index contributed by atoms with van der Waals surface area (Å²) in [6.07, 6.45) is 7.22. The van der Waals surface area contributed by atoms with Gasteiger partial charge in [-0.25, -0.2) is 14.8 Å². The summed E-state index contributed by atoms with van der Waals surface area (Å²) in [6.45, 7) is 0. The molecule has 0 bridgehead atoms. The van der Waals surface area contributed by atoms with Crippen molar-refractivity contribution in [3.63, 3.8) is 0 Å². The lowest BCUT2D eigenvalue weighted by atomic mass is 9.94. The molecular weight excluding hydrogens is 480 g/mol. The molecule has 190 valence electrons. The molecule has 0 aliphatic heterocycles. The number of carbonyl (C=O) groups is 2. The molecular formula is C29H26N6O3. The molecule has 3 aromatic carbocycles. The van der Waals surface area contributed by atoms with Crippen LogP contribution in [0.15, 0.2) is 72.9 Å². The molecule has 9 nitrogen and oxygen atoms in total. The van der Waals surface area contributed by atoms with E-state index in [4.69, 9.17) is 4.98 Å². The van der Waals surface area contributed by atoms with Crippen molar-refractivity contribution in [1.82, 2.24) is 24.9 Å². The SMILES string of the molecule is O=C(O)c1ccc2c(c1)nc(-c1ccc(C(=O)NNc3cnc4ccccc4n3)cc1)n2C1CCCCC1. The Hall–Kier alpha value is -4.79. The zero-order valence-corrected chi connectivity index (χ0v) is 20.6. The molecule has 5 aromatic rings. The summed E-state index contributed by atoms with van der Waals surface area (Å²) in [5.41, 5.74) is 10.2. The van der Waals surface area contributed by atoms with Gasteiger partial charge in [-0.05, 0) is 55.3 Å². The molecule has 6 rings (SSSR count). The van der Waals surface area contributed by atoms with Crippen molar-refractivity contribution in [2.24, 2.45) is 0 Å². The first-order valence-corrected chi connectivity index (χ1v) is 12.7. The molecule has 0 spiro atoms. The summed E-state index contributed by atoms with van der Waals surface area (Å²) in [6, 6.07) is 20.2. The predicted molar refractivity (Wildman–Crippen MR) is 145 cm³/mol. The second kappa shape index (κ2) is 9.93. The lowest BCUT2D eigenvalue weighted by Crippen LogP contribution is -2.29. The molecule has 3 N–H and O–H groups in total. The number of amides is 1. The number of carboxylic acids is 1. The smallest absolute Gasteiger partial charge is 0.335 e. The standard InChI is InChI=1S/C29H26N6O3/c36-28(34-33-26-17-30-22-8-4-5-9-23(22)31-26)19-12-10-18(11-13-19)27-32-24-16-20(29(37)38)14-15-25(24)35(27)21-6-2-1-3-7-21/h4-5,8-17,21H,1-3,6-7H2,(H,31,33)(H,34,36)(H,37,38). The van der Waals surface area contributed by atoms with Crippen molar-refractivity contribution in [2.45, 2.75) is 38.1 Å². The predicted octanol–water partition coefficient (Wildman–Crippen LogP) is 5.61. The van der Waals surface area contributed by atoms with Gasteiger partial charge in [0.15, 0.2) is 5.82 Å². The van der Waals surface area contributed by atoms with Crippen molar-refractivity contribution in [1.29, 1.82) is 0 Å². The first-order chi connectivity index (χ1) is 18.6. The summed E-state index contributed by atoms with van der Waals surface area (Å²) in [7, 11) is 0. The van der Waals surface area contributed by atoms with Gasteiger partial charge in [0.2, 0.25) is 0 Å². The average molecular weight is 507 g/mol. The fourth-order valence-corrected chi connectivity index (χ4v) is 5.13. The van der Waals surface area contributed by atoms with Crippen LogP contribution in [-0.2, 0) is 0 Å². The number of fused-ring (bicyclic) bond motifs is 2. The molecule has 2 heterocycles. The van der Waals surface area contributed by atoms with Gasteiger partial charge in [-0.3, -0.25) is 20.6 Å². The Kier molecular flexibility index (Phi) is 6.17. The Bertz CT molecular complexity index is 1650. The Morgan fingerprint density at radius 3 is 2.34 bits per heavy atom. The van der Waals surface area contributed by atoms with Gasteiger partial charge in [-0.15, -0.1) is 0 Å². The fourth-order valence-electron chi connectivity index (χ4n) is 5.13. The number of carboxylic acid groups (broad SMARTS) is 1. The van der Waals surface area contributed by atoms with Gasteiger partial charge in [-0.1, -0.05) is 43.5 Å². The summed E-state index contributed by atoms with van der Waals surface area (Å²) in [4.78, 5) is 38.0. The minimum absolute atomic E-state index is 0.216. The van der Waals surface area contributed by atoms with E-state index in [1.807, 2.05) is 42.5 Å². The topological polar surface area (TPSA) is 122 Å². The third-order valence-corrected chi connectivity index (χ3v) is 7.03. The average Bonchev–Trinajstić information content (AvgIpc) is 3.35. The molecule has 0 unspecified atom stereocenters. The molecule has 9 heteroatoms. The second-order valence-electron chi connectivity index (χ2n) is 9.51. The van der Waals surface area contributed by atoms with E-state index in [1.54, 1.807) is 30.5 Å². The highest BCUT2D eigenvalue weighted by Crippen LogP contribution is 2.36. The maximum absolute atomic E-state index is 12.8. The number of para-hydroxylation sites is 2. The molecule has 1 fully saturated rings. The fraction of sp³-hybridized carbons (Fsp3) is 0.207. The number of hydrogen-bond donors (Lipinski definition) is 3. The number of imidazole rings is 1. The van der Waals surface area contributed by atoms with E-state index in [9.17, 15) is 14.7 Å². The summed E-state index contributed by atoms with van der Waals surface area (Å²) in [5.74, 6) is -0.0562. The van der Waals surface area contributed by atoms with Crippen LogP contribution in [-0.4, -0.2) is 36.5 Å². The molecule has 1 aliphatic carbocycles. The molecule has 1 saturated carbocycles. The van der Waals surface area contributed by atoms with Crippen LogP contribution in [0.25, 0.3) is 33.5 Å². The first-order valence-electron chi connectivity index (χ1n) is 12.7. The number of rotatable bonds is 6. The minimum Gasteiger partial charge on any atom is -0.478 e. The number of hydrazine groups is 1. The highest BCUT2D eigenvalue weighted by Gasteiger charge is 2.23. The molecule has 0 saturated heterocycles. The van der Waals surface area contributed by atoms with Gasteiger partial charge >= 0.3 is 5.97 Å². The van der Waals surface area contributed by atoms with Crippen molar-refractivity contribution in [2.75, 3.05) is 5.43 Å². The first kappa shape index (κ1) is 23.6. The van der Waals surface area contributed by atoms with E-state index < -0.39 is 5.97 Å². The molecule has 1 amide bonds. The molecule has 1 aliphatic rings. The summed E-state index contributed by atoms with van der Waals surface area (Å²) < 4.78 is 2.25. The largest absolute Gasteiger partial charge is 0.478 e. The lowest BCUT2D eigenvalue weighted by Gasteiger charge is -2.25. The van der Waals surface area contributed by atoms with Crippen LogP contribution in [0, 0.1) is 0 Å². The van der Waals surface area contributed by atoms with Crippen LogP contribution in [0.1, 0.15) is 58.9 Å². The monoisotopic (exact) mass is 506 g/mol. The number of nitrogens with one attached hydrogen (secondary N) is 2. The van der Waals surface area contributed by atoms with E-state index in [1.165, 1.54) is 6.42 Å². The zero-order valence-electron chi connectivity index (χ0n) is 20.6. The highest BCUT2D eigenvalue weighted by molar-refractivity contribution is 5.96. The second-order valence-corrected chi connectivity index (χ2v) is 9.51. The van der Waals surface area contributed by atoms with Crippen molar-refractivity contribution in [3.05, 3.63) is 84.1 Å². The number of aromatic carboxylic acids is 1. The van der Waals surface area contributed by atoms with Gasteiger partial charge in [0.25, 0.3) is 5.91 Å². The molecule has 0 atom stereocenters. The maximum atomic E-state index is 12.8. The zero-order chi connectivity index (χ0) is 26.1. The van der Waals surface area contributed by atoms with E-state index >= 15 is 0 Å². The normalized spacial score (nSPS) is 14.0. The highest BCUT2D eigenvalue weighted by atomic mass is 16.4. The van der Waals surface area contributed by atoms with E-state index in [-0.39, 0.29) is 11.5 Å². The van der Waals surface area contributed by atoms with Gasteiger partial charge < -0.3 is 9.67 Å². The quantitative estimate of drug-likeness (QED) is 0.256. The van der Waals surface area contributed by atoms with Crippen LogP contribution in [0.5, 0.6) is 0 Å². The van der Waals surface area contributed by atoms with Crippen molar-refractivity contribution < 1.29 is 14.7 Å². The Morgan fingerprint density at radius 2 is 1.58 bits per heavy atom. The van der Waals surface area contributed by atoms with Crippen LogP contribution < -0.4 is 10.9 Å². The van der Waals surface area contributed by atoms with Crippen molar-refractivity contribution >= 4 is 39.8 Å². The lowest BCUT2D eigenvalue weighted by molar-refractivity contribution is 0.0696. The number of aromatic nitrogens is 4. The van der Waals surface area contributed by atoms with E-state index in [0.29, 0.717) is 22.9 Å². The molecule has 2 aromatic heterocycles. The van der Waals surface area contributed by atoms with Crippen LogP contribution >= 0.6 is 0 Å². The summed E-state index contributed by atoms with van der Waals surface area (Å²) in [5, 5.41) is 9.45. The molecule has 0 radical (unpaired) electrons. The Labute approximate surface area is 218 Å². The van der Waals surface area contributed by atoms with Gasteiger partial charge in [-0.2, -0.15) is 0 Å².